The maximum absolute atomic E-state index is 13.2. The van der Waals surface area contributed by atoms with Crippen LogP contribution in [0.15, 0.2) is 40.8 Å². The number of carbonyl (C=O) groups excluding carboxylic acids is 2. The average Bonchev–Trinajstić information content (AvgIpc) is 3.42. The van der Waals surface area contributed by atoms with Gasteiger partial charge in [-0.05, 0) is 49.6 Å². The Labute approximate surface area is 165 Å². The minimum atomic E-state index is -0.314. The molecule has 0 aliphatic heterocycles. The molecule has 150 valence electrons. The van der Waals surface area contributed by atoms with Gasteiger partial charge in [0.15, 0.2) is 0 Å². The maximum atomic E-state index is 13.2. The quantitative estimate of drug-likeness (QED) is 0.691. The summed E-state index contributed by atoms with van der Waals surface area (Å²) in [5, 5.41) is 0. The number of furan rings is 1. The van der Waals surface area contributed by atoms with E-state index in [0.717, 1.165) is 24.2 Å². The van der Waals surface area contributed by atoms with Crippen LogP contribution in [-0.4, -0.2) is 34.2 Å². The van der Waals surface area contributed by atoms with E-state index in [1.54, 1.807) is 21.9 Å². The molecule has 0 N–H and O–H groups in total. The predicted molar refractivity (Wildman–Crippen MR) is 104 cm³/mol. The van der Waals surface area contributed by atoms with Crippen molar-refractivity contribution in [3.8, 4) is 0 Å². The lowest BCUT2D eigenvalue weighted by Gasteiger charge is -2.28. The zero-order chi connectivity index (χ0) is 20.3. The molecule has 3 rings (SSSR count). The lowest BCUT2D eigenvalue weighted by atomic mass is 10.1. The van der Waals surface area contributed by atoms with E-state index in [4.69, 9.17) is 4.42 Å². The molecular formula is C22H27FN2O3. The number of hydrogen-bond acceptors (Lipinski definition) is 3. The summed E-state index contributed by atoms with van der Waals surface area (Å²) in [5.74, 6) is 0.864. The highest BCUT2D eigenvalue weighted by Crippen LogP contribution is 2.28. The Kier molecular flexibility index (Phi) is 6.17. The minimum Gasteiger partial charge on any atom is -0.464 e. The van der Waals surface area contributed by atoms with Gasteiger partial charge in [-0.3, -0.25) is 9.59 Å². The first-order valence-corrected chi connectivity index (χ1v) is 9.71. The van der Waals surface area contributed by atoms with Crippen LogP contribution in [0.3, 0.4) is 0 Å². The Hall–Kier alpha value is -2.63. The third kappa shape index (κ3) is 5.21. The summed E-state index contributed by atoms with van der Waals surface area (Å²) in [6.45, 7) is 6.24. The summed E-state index contributed by atoms with van der Waals surface area (Å²) >= 11 is 0. The predicted octanol–water partition coefficient (Wildman–Crippen LogP) is 3.90. The summed E-state index contributed by atoms with van der Waals surface area (Å²) < 4.78 is 18.9. The Morgan fingerprint density at radius 2 is 1.79 bits per heavy atom. The zero-order valence-electron chi connectivity index (χ0n) is 16.7. The number of nitrogens with zero attached hydrogens (tertiary/aromatic N) is 2. The van der Waals surface area contributed by atoms with Crippen molar-refractivity contribution in [2.75, 3.05) is 6.54 Å². The van der Waals surface area contributed by atoms with Gasteiger partial charge in [0.05, 0.1) is 6.54 Å². The molecule has 2 aromatic rings. The number of aryl methyl sites for hydroxylation is 1. The fourth-order valence-corrected chi connectivity index (χ4v) is 3.15. The van der Waals surface area contributed by atoms with E-state index in [2.05, 4.69) is 0 Å². The summed E-state index contributed by atoms with van der Waals surface area (Å²) in [4.78, 5) is 29.0. The first-order chi connectivity index (χ1) is 13.3. The lowest BCUT2D eigenvalue weighted by Crippen LogP contribution is -2.44. The Morgan fingerprint density at radius 1 is 1.11 bits per heavy atom. The molecule has 28 heavy (non-hydrogen) atoms. The van der Waals surface area contributed by atoms with Gasteiger partial charge < -0.3 is 14.2 Å². The van der Waals surface area contributed by atoms with Crippen LogP contribution in [-0.2, 0) is 22.7 Å². The van der Waals surface area contributed by atoms with Crippen LogP contribution in [0.4, 0.5) is 4.39 Å². The number of benzene rings is 1. The fourth-order valence-electron chi connectivity index (χ4n) is 3.15. The Morgan fingerprint density at radius 3 is 2.32 bits per heavy atom. The highest BCUT2D eigenvalue weighted by Gasteiger charge is 2.35. The van der Waals surface area contributed by atoms with Crippen molar-refractivity contribution < 1.29 is 18.4 Å². The molecule has 1 heterocycles. The molecule has 0 unspecified atom stereocenters. The highest BCUT2D eigenvalue weighted by molar-refractivity contribution is 5.86. The van der Waals surface area contributed by atoms with E-state index in [0.29, 0.717) is 18.8 Å². The van der Waals surface area contributed by atoms with Crippen LogP contribution in [0.1, 0.15) is 43.8 Å². The van der Waals surface area contributed by atoms with Crippen LogP contribution in [0.5, 0.6) is 0 Å². The summed E-state index contributed by atoms with van der Waals surface area (Å²) in [6.07, 6.45) is 1.89. The van der Waals surface area contributed by atoms with Gasteiger partial charge in [-0.1, -0.05) is 26.0 Å². The van der Waals surface area contributed by atoms with Crippen molar-refractivity contribution in [1.82, 2.24) is 9.80 Å². The van der Waals surface area contributed by atoms with Gasteiger partial charge in [-0.15, -0.1) is 0 Å². The van der Waals surface area contributed by atoms with Crippen LogP contribution >= 0.6 is 0 Å². The van der Waals surface area contributed by atoms with Crippen molar-refractivity contribution in [3.63, 3.8) is 0 Å². The monoisotopic (exact) mass is 386 g/mol. The Balaban J connectivity index is 1.76. The number of carbonyl (C=O) groups is 2. The van der Waals surface area contributed by atoms with Crippen LogP contribution in [0.25, 0.3) is 0 Å². The van der Waals surface area contributed by atoms with Crippen LogP contribution in [0, 0.1) is 18.7 Å². The first kappa shape index (κ1) is 20.1. The van der Waals surface area contributed by atoms with E-state index >= 15 is 0 Å². The van der Waals surface area contributed by atoms with E-state index < -0.39 is 0 Å². The molecule has 0 radical (unpaired) electrons. The van der Waals surface area contributed by atoms with E-state index in [-0.39, 0.29) is 36.1 Å². The summed E-state index contributed by atoms with van der Waals surface area (Å²) in [6, 6.07) is 9.97. The van der Waals surface area contributed by atoms with Gasteiger partial charge in [-0.25, -0.2) is 4.39 Å². The maximum Gasteiger partial charge on any atom is 0.242 e. The molecular weight excluding hydrogens is 359 g/mol. The number of amides is 2. The molecule has 1 aromatic carbocycles. The minimum absolute atomic E-state index is 0.00595. The topological polar surface area (TPSA) is 53.8 Å². The molecule has 2 amide bonds. The van der Waals surface area contributed by atoms with Crippen LogP contribution in [0.2, 0.25) is 0 Å². The number of rotatable bonds is 8. The van der Waals surface area contributed by atoms with Crippen molar-refractivity contribution in [2.24, 2.45) is 5.92 Å². The van der Waals surface area contributed by atoms with Gasteiger partial charge in [0, 0.05) is 18.5 Å². The number of halogens is 1. The van der Waals surface area contributed by atoms with Gasteiger partial charge in [0.1, 0.15) is 23.9 Å². The third-order valence-electron chi connectivity index (χ3n) is 4.85. The molecule has 0 spiro atoms. The van der Waals surface area contributed by atoms with Gasteiger partial charge in [0.2, 0.25) is 11.8 Å². The fraction of sp³-hybridized carbons (Fsp3) is 0.455. The molecule has 1 fully saturated rings. The summed E-state index contributed by atoms with van der Waals surface area (Å²) in [5.41, 5.74) is 0.825. The van der Waals surface area contributed by atoms with E-state index in [9.17, 15) is 14.0 Å². The second kappa shape index (κ2) is 8.59. The Bertz CT molecular complexity index is 825. The van der Waals surface area contributed by atoms with Crippen molar-refractivity contribution in [2.45, 2.75) is 52.7 Å². The molecule has 6 heteroatoms. The second-order valence-corrected chi connectivity index (χ2v) is 7.74. The number of hydrogen-bond donors (Lipinski definition) is 0. The SMILES string of the molecule is Cc1ccc(CN(Cc2ccc(F)cc2)C(=O)CN(C(=O)C(C)C)C2CC2)o1. The molecule has 1 aliphatic rings. The second-order valence-electron chi connectivity index (χ2n) is 7.74. The summed E-state index contributed by atoms with van der Waals surface area (Å²) in [7, 11) is 0. The standard InChI is InChI=1S/C22H27FN2O3/c1-15(2)22(27)25(19-9-10-19)14-21(26)24(13-20-11-4-16(3)28-20)12-17-5-7-18(23)8-6-17/h4-8,11,15,19H,9-10,12-14H2,1-3H3. The van der Waals surface area contributed by atoms with Gasteiger partial charge in [-0.2, -0.15) is 0 Å². The molecule has 5 nitrogen and oxygen atoms in total. The first-order valence-electron chi connectivity index (χ1n) is 9.71. The normalized spacial score (nSPS) is 13.6. The van der Waals surface area contributed by atoms with E-state index in [1.165, 1.54) is 12.1 Å². The molecule has 0 atom stereocenters. The largest absolute Gasteiger partial charge is 0.464 e. The molecule has 1 saturated carbocycles. The van der Waals surface area contributed by atoms with Gasteiger partial charge >= 0.3 is 0 Å². The van der Waals surface area contributed by atoms with Gasteiger partial charge in [0.25, 0.3) is 0 Å². The zero-order valence-corrected chi connectivity index (χ0v) is 16.7. The molecule has 1 aromatic heterocycles. The van der Waals surface area contributed by atoms with Crippen LogP contribution < -0.4 is 0 Å². The molecule has 1 aliphatic carbocycles. The van der Waals surface area contributed by atoms with Crippen molar-refractivity contribution in [3.05, 3.63) is 59.3 Å². The van der Waals surface area contributed by atoms with E-state index in [1.807, 2.05) is 32.9 Å². The average molecular weight is 386 g/mol. The molecule has 0 saturated heterocycles. The van der Waals surface area contributed by atoms with Crippen molar-refractivity contribution >= 4 is 11.8 Å². The smallest absolute Gasteiger partial charge is 0.242 e. The lowest BCUT2D eigenvalue weighted by molar-refractivity contribution is -0.143. The third-order valence-corrected chi connectivity index (χ3v) is 4.85. The molecule has 0 bridgehead atoms. The highest BCUT2D eigenvalue weighted by atomic mass is 19.1. The van der Waals surface area contributed by atoms with Crippen molar-refractivity contribution in [1.29, 1.82) is 0 Å².